The Kier molecular flexibility index (Phi) is 7.11. The van der Waals surface area contributed by atoms with Gasteiger partial charge >= 0.3 is 5.97 Å². The van der Waals surface area contributed by atoms with E-state index in [2.05, 4.69) is 27.9 Å². The van der Waals surface area contributed by atoms with Crippen LogP contribution >= 0.6 is 34.4 Å². The maximum atomic E-state index is 11.6. The summed E-state index contributed by atoms with van der Waals surface area (Å²) in [6.07, 6.45) is 0. The minimum absolute atomic E-state index is 0.120. The third-order valence-electron chi connectivity index (χ3n) is 1.89. The number of halogens is 1. The molecule has 0 aromatic heterocycles. The van der Waals surface area contributed by atoms with Gasteiger partial charge in [-0.15, -0.1) is 11.8 Å². The molecule has 1 amide bonds. The van der Waals surface area contributed by atoms with E-state index in [4.69, 9.17) is 4.74 Å². The number of hydrogen-bond donors (Lipinski definition) is 1. The van der Waals surface area contributed by atoms with Crippen LogP contribution in [0.15, 0.2) is 24.3 Å². The zero-order chi connectivity index (χ0) is 13.4. The fourth-order valence-electron chi connectivity index (χ4n) is 1.16. The molecular weight excluding hydrogens is 365 g/mol. The molecule has 0 aliphatic heterocycles. The van der Waals surface area contributed by atoms with Crippen molar-refractivity contribution in [3.63, 3.8) is 0 Å². The number of carbonyl (C=O) groups excluding carboxylic acids is 2. The number of hydrogen-bond acceptors (Lipinski definition) is 4. The van der Waals surface area contributed by atoms with Crippen molar-refractivity contribution in [3.8, 4) is 0 Å². The molecule has 1 N–H and O–H groups in total. The van der Waals surface area contributed by atoms with Crippen molar-refractivity contribution < 1.29 is 14.3 Å². The molecule has 0 heterocycles. The molecule has 0 saturated carbocycles. The average molecular weight is 379 g/mol. The Hall–Kier alpha value is -0.760. The lowest BCUT2D eigenvalue weighted by molar-refractivity contribution is -0.139. The number of amides is 1. The summed E-state index contributed by atoms with van der Waals surface area (Å²) in [5, 5.41) is 2.76. The van der Waals surface area contributed by atoms with Gasteiger partial charge in [-0.1, -0.05) is 0 Å². The highest BCUT2D eigenvalue weighted by Gasteiger charge is 2.06. The molecule has 0 radical (unpaired) electrons. The van der Waals surface area contributed by atoms with E-state index in [1.54, 1.807) is 6.92 Å². The normalized spacial score (nSPS) is 9.89. The highest BCUT2D eigenvalue weighted by molar-refractivity contribution is 14.1. The Bertz CT molecular complexity index is 408. The lowest BCUT2D eigenvalue weighted by atomic mass is 10.3. The van der Waals surface area contributed by atoms with Gasteiger partial charge in [0, 0.05) is 9.26 Å². The number of thioether (sulfide) groups is 1. The minimum atomic E-state index is -0.287. The molecule has 0 aliphatic carbocycles. The van der Waals surface area contributed by atoms with Gasteiger partial charge in [0.25, 0.3) is 0 Å². The maximum Gasteiger partial charge on any atom is 0.315 e. The SMILES string of the molecule is CCOC(=O)CSCC(=O)Nc1ccc(I)cc1. The van der Waals surface area contributed by atoms with Gasteiger partial charge in [0.05, 0.1) is 18.1 Å². The first-order valence-corrected chi connectivity index (χ1v) is 7.64. The van der Waals surface area contributed by atoms with E-state index in [1.807, 2.05) is 24.3 Å². The van der Waals surface area contributed by atoms with E-state index in [0.29, 0.717) is 6.61 Å². The number of ether oxygens (including phenoxy) is 1. The van der Waals surface area contributed by atoms with Gasteiger partial charge < -0.3 is 10.1 Å². The number of esters is 1. The summed E-state index contributed by atoms with van der Waals surface area (Å²) in [5.41, 5.74) is 0.761. The third-order valence-corrected chi connectivity index (χ3v) is 3.51. The monoisotopic (exact) mass is 379 g/mol. The second kappa shape index (κ2) is 8.36. The first kappa shape index (κ1) is 15.3. The van der Waals surface area contributed by atoms with E-state index >= 15 is 0 Å². The third kappa shape index (κ3) is 6.25. The molecule has 0 aliphatic rings. The summed E-state index contributed by atoms with van der Waals surface area (Å²) in [6.45, 7) is 2.13. The summed E-state index contributed by atoms with van der Waals surface area (Å²) in [5.74, 6) is 0.0359. The molecule has 0 spiro atoms. The van der Waals surface area contributed by atoms with Gasteiger partial charge in [-0.25, -0.2) is 0 Å². The van der Waals surface area contributed by atoms with E-state index in [1.165, 1.54) is 11.8 Å². The van der Waals surface area contributed by atoms with Crippen LogP contribution < -0.4 is 5.32 Å². The van der Waals surface area contributed by atoms with Crippen molar-refractivity contribution >= 4 is 51.9 Å². The van der Waals surface area contributed by atoms with Crippen LogP contribution in [0.5, 0.6) is 0 Å². The lowest BCUT2D eigenvalue weighted by Gasteiger charge is -2.05. The summed E-state index contributed by atoms with van der Waals surface area (Å²) in [4.78, 5) is 22.6. The maximum absolute atomic E-state index is 11.6. The Morgan fingerprint density at radius 3 is 2.56 bits per heavy atom. The Morgan fingerprint density at radius 1 is 1.28 bits per heavy atom. The zero-order valence-electron chi connectivity index (χ0n) is 9.94. The molecular formula is C12H14INO3S. The second-order valence-corrected chi connectivity index (χ2v) is 5.58. The minimum Gasteiger partial charge on any atom is -0.465 e. The van der Waals surface area contributed by atoms with Crippen LogP contribution in [-0.4, -0.2) is 30.0 Å². The molecule has 0 saturated heterocycles. The number of anilines is 1. The Balaban J connectivity index is 2.25. The van der Waals surface area contributed by atoms with Crippen LogP contribution in [0.25, 0.3) is 0 Å². The first-order valence-electron chi connectivity index (χ1n) is 5.40. The van der Waals surface area contributed by atoms with Gasteiger partial charge in [-0.05, 0) is 53.8 Å². The predicted octanol–water partition coefficient (Wildman–Crippen LogP) is 2.53. The molecule has 18 heavy (non-hydrogen) atoms. The lowest BCUT2D eigenvalue weighted by Crippen LogP contribution is -2.16. The van der Waals surface area contributed by atoms with Crippen LogP contribution in [0.3, 0.4) is 0 Å². The summed E-state index contributed by atoms with van der Waals surface area (Å²) >= 11 is 3.44. The summed E-state index contributed by atoms with van der Waals surface area (Å²) in [7, 11) is 0. The quantitative estimate of drug-likeness (QED) is 0.610. The zero-order valence-corrected chi connectivity index (χ0v) is 12.9. The molecule has 1 aromatic carbocycles. The predicted molar refractivity (Wildman–Crippen MR) is 81.7 cm³/mol. The molecule has 0 unspecified atom stereocenters. The van der Waals surface area contributed by atoms with Crippen LogP contribution in [0.1, 0.15) is 6.92 Å². The van der Waals surface area contributed by atoms with Gasteiger partial charge in [0.1, 0.15) is 0 Å². The molecule has 0 bridgehead atoms. The molecule has 98 valence electrons. The number of carbonyl (C=O) groups is 2. The van der Waals surface area contributed by atoms with Crippen molar-refractivity contribution in [1.82, 2.24) is 0 Å². The molecule has 1 aromatic rings. The van der Waals surface area contributed by atoms with E-state index < -0.39 is 0 Å². The fourth-order valence-corrected chi connectivity index (χ4v) is 2.13. The van der Waals surface area contributed by atoms with E-state index in [-0.39, 0.29) is 23.4 Å². The van der Waals surface area contributed by atoms with Gasteiger partial charge in [0.15, 0.2) is 0 Å². The molecule has 0 atom stereocenters. The number of benzene rings is 1. The van der Waals surface area contributed by atoms with Gasteiger partial charge in [-0.3, -0.25) is 9.59 Å². The van der Waals surface area contributed by atoms with Gasteiger partial charge in [-0.2, -0.15) is 0 Å². The molecule has 0 fully saturated rings. The summed E-state index contributed by atoms with van der Waals surface area (Å²) in [6, 6.07) is 7.52. The number of rotatable bonds is 6. The molecule has 4 nitrogen and oxygen atoms in total. The average Bonchev–Trinajstić information content (AvgIpc) is 2.32. The standard InChI is InChI=1S/C12H14INO3S/c1-2-17-12(16)8-18-7-11(15)14-10-5-3-9(13)4-6-10/h3-6H,2,7-8H2,1H3,(H,14,15). The smallest absolute Gasteiger partial charge is 0.315 e. The van der Waals surface area contributed by atoms with Crippen molar-refractivity contribution in [3.05, 3.63) is 27.8 Å². The van der Waals surface area contributed by atoms with Crippen LogP contribution in [-0.2, 0) is 14.3 Å². The van der Waals surface area contributed by atoms with E-state index in [0.717, 1.165) is 9.26 Å². The van der Waals surface area contributed by atoms with Crippen molar-refractivity contribution in [1.29, 1.82) is 0 Å². The molecule has 1 rings (SSSR count). The second-order valence-electron chi connectivity index (χ2n) is 3.35. The topological polar surface area (TPSA) is 55.4 Å². The first-order chi connectivity index (χ1) is 8.61. The van der Waals surface area contributed by atoms with Gasteiger partial charge in [0.2, 0.25) is 5.91 Å². The fraction of sp³-hybridized carbons (Fsp3) is 0.333. The van der Waals surface area contributed by atoms with Crippen LogP contribution in [0.2, 0.25) is 0 Å². The van der Waals surface area contributed by atoms with Crippen LogP contribution in [0, 0.1) is 3.57 Å². The molecule has 6 heteroatoms. The Morgan fingerprint density at radius 2 is 1.94 bits per heavy atom. The highest BCUT2D eigenvalue weighted by Crippen LogP contribution is 2.11. The van der Waals surface area contributed by atoms with Crippen molar-refractivity contribution in [2.24, 2.45) is 0 Å². The number of nitrogens with one attached hydrogen (secondary N) is 1. The summed E-state index contributed by atoms with van der Waals surface area (Å²) < 4.78 is 5.88. The highest BCUT2D eigenvalue weighted by atomic mass is 127. The van der Waals surface area contributed by atoms with E-state index in [9.17, 15) is 9.59 Å². The Labute approximate surface area is 124 Å². The van der Waals surface area contributed by atoms with Crippen molar-refractivity contribution in [2.45, 2.75) is 6.92 Å². The van der Waals surface area contributed by atoms with Crippen molar-refractivity contribution in [2.75, 3.05) is 23.4 Å². The largest absolute Gasteiger partial charge is 0.465 e. The van der Waals surface area contributed by atoms with Crippen LogP contribution in [0.4, 0.5) is 5.69 Å².